The van der Waals surface area contributed by atoms with Gasteiger partial charge in [-0.3, -0.25) is 4.79 Å². The second-order valence-electron chi connectivity index (χ2n) is 7.74. The van der Waals surface area contributed by atoms with Crippen molar-refractivity contribution >= 4 is 5.91 Å². The number of furan rings is 1. The lowest BCUT2D eigenvalue weighted by Crippen LogP contribution is -2.56. The molecule has 4 rings (SSSR count). The molecule has 1 saturated heterocycles. The molecule has 2 fully saturated rings. The van der Waals surface area contributed by atoms with Crippen LogP contribution in [0.5, 0.6) is 11.5 Å². The Hall–Kier alpha value is -2.47. The topological polar surface area (TPSA) is 72.1 Å². The van der Waals surface area contributed by atoms with E-state index in [0.29, 0.717) is 30.2 Å². The van der Waals surface area contributed by atoms with Crippen molar-refractivity contribution in [2.75, 3.05) is 20.8 Å². The molecule has 3 atom stereocenters. The van der Waals surface area contributed by atoms with Crippen molar-refractivity contribution in [1.82, 2.24) is 4.90 Å². The Morgan fingerprint density at radius 3 is 2.71 bits per heavy atom. The fraction of sp³-hybridized carbons (Fsp3) is 0.500. The van der Waals surface area contributed by atoms with Crippen LogP contribution in [0.3, 0.4) is 0 Å². The number of nitrogens with zero attached hydrogens (tertiary/aromatic N) is 1. The van der Waals surface area contributed by atoms with Crippen LogP contribution in [0.4, 0.5) is 0 Å². The maximum Gasteiger partial charge on any atom is 0.290 e. The molecule has 1 saturated carbocycles. The lowest BCUT2D eigenvalue weighted by molar-refractivity contribution is -0.115. The number of hydrogen-bond donors (Lipinski definition) is 1. The normalized spacial score (nSPS) is 27.2. The molecule has 0 radical (unpaired) electrons. The average molecular weight is 385 g/mol. The highest BCUT2D eigenvalue weighted by Gasteiger charge is 2.50. The maximum atomic E-state index is 13.2. The standard InChI is InChI=1S/C22H27NO5/c1-26-17-9-8-15(14-19(17)27-2)20-16-6-3-4-10-22(16,25)11-12-23(20)21(24)18-7-5-13-28-18/h5,7-9,13-14,16,20,25H,3-4,6,10-12H2,1-2H3/t16-,20+,22+/m0/s1. The van der Waals surface area contributed by atoms with Gasteiger partial charge in [-0.1, -0.05) is 18.9 Å². The van der Waals surface area contributed by atoms with E-state index in [-0.39, 0.29) is 17.9 Å². The molecule has 1 N–H and O–H groups in total. The molecule has 1 amide bonds. The highest BCUT2D eigenvalue weighted by atomic mass is 16.5. The summed E-state index contributed by atoms with van der Waals surface area (Å²) >= 11 is 0. The Morgan fingerprint density at radius 2 is 2.00 bits per heavy atom. The van der Waals surface area contributed by atoms with Crippen molar-refractivity contribution in [1.29, 1.82) is 0 Å². The molecule has 1 aromatic carbocycles. The fourth-order valence-corrected chi connectivity index (χ4v) is 4.90. The minimum atomic E-state index is -0.740. The van der Waals surface area contributed by atoms with Crippen LogP contribution in [-0.2, 0) is 0 Å². The average Bonchev–Trinajstić information content (AvgIpc) is 3.26. The summed E-state index contributed by atoms with van der Waals surface area (Å²) < 4.78 is 16.2. The SMILES string of the molecule is COc1ccc([C@@H]2[C@@H]3CCCC[C@@]3(O)CCN2C(=O)c2ccco2)cc1OC. The van der Waals surface area contributed by atoms with Gasteiger partial charge in [0, 0.05) is 12.5 Å². The molecule has 0 unspecified atom stereocenters. The second-order valence-corrected chi connectivity index (χ2v) is 7.74. The Morgan fingerprint density at radius 1 is 1.18 bits per heavy atom. The third-order valence-electron chi connectivity index (χ3n) is 6.31. The van der Waals surface area contributed by atoms with E-state index in [0.717, 1.165) is 31.2 Å². The van der Waals surface area contributed by atoms with Crippen molar-refractivity contribution in [3.63, 3.8) is 0 Å². The van der Waals surface area contributed by atoms with Crippen molar-refractivity contribution in [3.8, 4) is 11.5 Å². The number of methoxy groups -OCH3 is 2. The number of likely N-dealkylation sites (tertiary alicyclic amines) is 1. The summed E-state index contributed by atoms with van der Waals surface area (Å²) in [7, 11) is 3.20. The Bertz CT molecular complexity index is 833. The highest BCUT2D eigenvalue weighted by Crippen LogP contribution is 2.50. The van der Waals surface area contributed by atoms with Crippen LogP contribution in [0.1, 0.15) is 54.3 Å². The molecule has 1 aromatic heterocycles. The van der Waals surface area contributed by atoms with Gasteiger partial charge in [-0.05, 0) is 49.1 Å². The van der Waals surface area contributed by atoms with Gasteiger partial charge >= 0.3 is 0 Å². The van der Waals surface area contributed by atoms with E-state index >= 15 is 0 Å². The Labute approximate surface area is 165 Å². The predicted octanol–water partition coefficient (Wildman–Crippen LogP) is 3.81. The lowest BCUT2D eigenvalue weighted by Gasteiger charge is -2.52. The number of ether oxygens (including phenoxy) is 2. The zero-order valence-corrected chi connectivity index (χ0v) is 16.4. The van der Waals surface area contributed by atoms with Gasteiger partial charge in [0.05, 0.1) is 32.1 Å². The van der Waals surface area contributed by atoms with Crippen molar-refractivity contribution < 1.29 is 23.8 Å². The van der Waals surface area contributed by atoms with Gasteiger partial charge in [-0.25, -0.2) is 0 Å². The summed E-state index contributed by atoms with van der Waals surface area (Å²) in [5.74, 6) is 1.43. The number of carbonyl (C=O) groups is 1. The summed E-state index contributed by atoms with van der Waals surface area (Å²) in [5, 5.41) is 11.4. The summed E-state index contributed by atoms with van der Waals surface area (Å²) in [5.41, 5.74) is 0.207. The smallest absolute Gasteiger partial charge is 0.290 e. The first-order chi connectivity index (χ1) is 13.6. The molecule has 6 nitrogen and oxygen atoms in total. The highest BCUT2D eigenvalue weighted by molar-refractivity contribution is 5.92. The van der Waals surface area contributed by atoms with Gasteiger partial charge < -0.3 is 23.9 Å². The van der Waals surface area contributed by atoms with Crippen LogP contribution in [0.2, 0.25) is 0 Å². The van der Waals surface area contributed by atoms with Crippen LogP contribution in [0.15, 0.2) is 41.0 Å². The first kappa shape index (κ1) is 18.9. The summed E-state index contributed by atoms with van der Waals surface area (Å²) in [6.07, 6.45) is 5.85. The van der Waals surface area contributed by atoms with E-state index in [1.807, 2.05) is 23.1 Å². The van der Waals surface area contributed by atoms with Crippen LogP contribution < -0.4 is 9.47 Å². The number of piperidine rings is 1. The van der Waals surface area contributed by atoms with Crippen LogP contribution in [0.25, 0.3) is 0 Å². The molecule has 6 heteroatoms. The molecule has 1 aliphatic heterocycles. The summed E-state index contributed by atoms with van der Waals surface area (Å²) in [6, 6.07) is 8.92. The number of hydrogen-bond acceptors (Lipinski definition) is 5. The van der Waals surface area contributed by atoms with Crippen LogP contribution >= 0.6 is 0 Å². The molecular formula is C22H27NO5. The monoisotopic (exact) mass is 385 g/mol. The van der Waals surface area contributed by atoms with Gasteiger partial charge in [0.1, 0.15) is 0 Å². The molecule has 150 valence electrons. The van der Waals surface area contributed by atoms with Crippen LogP contribution in [-0.4, -0.2) is 42.3 Å². The second kappa shape index (κ2) is 7.51. The quantitative estimate of drug-likeness (QED) is 0.867. The minimum absolute atomic E-state index is 0.0213. The van der Waals surface area contributed by atoms with Crippen molar-refractivity contribution in [2.24, 2.45) is 5.92 Å². The van der Waals surface area contributed by atoms with Gasteiger partial charge in [-0.2, -0.15) is 0 Å². The van der Waals surface area contributed by atoms with Gasteiger partial charge in [-0.15, -0.1) is 0 Å². The fourth-order valence-electron chi connectivity index (χ4n) is 4.90. The molecular weight excluding hydrogens is 358 g/mol. The summed E-state index contributed by atoms with van der Waals surface area (Å²) in [6.45, 7) is 0.492. The first-order valence-electron chi connectivity index (χ1n) is 9.86. The number of aliphatic hydroxyl groups is 1. The molecule has 0 bridgehead atoms. The largest absolute Gasteiger partial charge is 0.493 e. The molecule has 0 spiro atoms. The van der Waals surface area contributed by atoms with E-state index in [4.69, 9.17) is 13.9 Å². The number of amides is 1. The molecule has 2 aromatic rings. The predicted molar refractivity (Wildman–Crippen MR) is 104 cm³/mol. The van der Waals surface area contributed by atoms with Gasteiger partial charge in [0.15, 0.2) is 17.3 Å². The summed E-state index contributed by atoms with van der Waals surface area (Å²) in [4.78, 5) is 15.0. The van der Waals surface area contributed by atoms with E-state index in [1.165, 1.54) is 6.26 Å². The van der Waals surface area contributed by atoms with Crippen molar-refractivity contribution in [3.05, 3.63) is 47.9 Å². The molecule has 28 heavy (non-hydrogen) atoms. The van der Waals surface area contributed by atoms with Gasteiger partial charge in [0.25, 0.3) is 5.91 Å². The maximum absolute atomic E-state index is 13.2. The van der Waals surface area contributed by atoms with Gasteiger partial charge in [0.2, 0.25) is 0 Å². The number of benzene rings is 1. The third-order valence-corrected chi connectivity index (χ3v) is 6.31. The Kier molecular flexibility index (Phi) is 5.06. The van der Waals surface area contributed by atoms with E-state index in [9.17, 15) is 9.90 Å². The van der Waals surface area contributed by atoms with E-state index < -0.39 is 5.60 Å². The first-order valence-corrected chi connectivity index (χ1v) is 9.86. The van der Waals surface area contributed by atoms with E-state index in [1.54, 1.807) is 26.4 Å². The molecule has 2 aliphatic rings. The Balaban J connectivity index is 1.77. The zero-order chi connectivity index (χ0) is 19.7. The number of rotatable bonds is 4. The number of fused-ring (bicyclic) bond motifs is 1. The zero-order valence-electron chi connectivity index (χ0n) is 16.4. The molecule has 2 heterocycles. The third kappa shape index (κ3) is 3.15. The van der Waals surface area contributed by atoms with Crippen LogP contribution in [0, 0.1) is 5.92 Å². The lowest BCUT2D eigenvalue weighted by atomic mass is 9.66. The minimum Gasteiger partial charge on any atom is -0.493 e. The van der Waals surface area contributed by atoms with E-state index in [2.05, 4.69) is 0 Å². The molecule has 1 aliphatic carbocycles. The van der Waals surface area contributed by atoms with Crippen molar-refractivity contribution in [2.45, 2.75) is 43.7 Å². The number of carbonyl (C=O) groups excluding carboxylic acids is 1.